The normalized spacial score (nSPS) is 11.3. The Balaban J connectivity index is 2.92. The van der Waals surface area contributed by atoms with Gasteiger partial charge in [0.25, 0.3) is 0 Å². The van der Waals surface area contributed by atoms with Gasteiger partial charge in [0, 0.05) is 20.0 Å². The summed E-state index contributed by atoms with van der Waals surface area (Å²) >= 11 is 3.51. The highest BCUT2D eigenvalue weighted by molar-refractivity contribution is 9.10. The van der Waals surface area contributed by atoms with Gasteiger partial charge < -0.3 is 9.88 Å². The summed E-state index contributed by atoms with van der Waals surface area (Å²) in [6, 6.07) is 0. The first kappa shape index (κ1) is 11.7. The third kappa shape index (κ3) is 2.36. The van der Waals surface area contributed by atoms with Gasteiger partial charge in [0.1, 0.15) is 10.4 Å². The maximum absolute atomic E-state index is 4.51. The Morgan fingerprint density at radius 1 is 1.50 bits per heavy atom. The van der Waals surface area contributed by atoms with Crippen molar-refractivity contribution in [2.45, 2.75) is 26.2 Å². The maximum atomic E-state index is 4.51. The number of likely N-dealkylation sites (N-methyl/N-ethyl adjacent to an activating group) is 1. The largest absolute Gasteiger partial charge is 0.334 e. The molecular formula is C10H18BrN3. The molecular weight excluding hydrogens is 242 g/mol. The van der Waals surface area contributed by atoms with Gasteiger partial charge in [-0.3, -0.25) is 0 Å². The first-order chi connectivity index (χ1) is 6.57. The van der Waals surface area contributed by atoms with Crippen LogP contribution in [0.25, 0.3) is 0 Å². The van der Waals surface area contributed by atoms with E-state index in [-0.39, 0.29) is 0 Å². The first-order valence-electron chi connectivity index (χ1n) is 4.93. The second-order valence-corrected chi connectivity index (χ2v) is 4.52. The van der Waals surface area contributed by atoms with Gasteiger partial charge in [-0.15, -0.1) is 0 Å². The van der Waals surface area contributed by atoms with E-state index in [0.717, 1.165) is 23.4 Å². The molecule has 1 heterocycles. The molecule has 0 aliphatic heterocycles. The van der Waals surface area contributed by atoms with Crippen molar-refractivity contribution >= 4 is 15.9 Å². The molecule has 0 atom stereocenters. The molecule has 0 amide bonds. The summed E-state index contributed by atoms with van der Waals surface area (Å²) in [5.74, 6) is 1.64. The van der Waals surface area contributed by atoms with E-state index in [2.05, 4.69) is 51.7 Å². The summed E-state index contributed by atoms with van der Waals surface area (Å²) in [5.41, 5.74) is 1.27. The molecule has 4 heteroatoms. The third-order valence-electron chi connectivity index (χ3n) is 2.33. The van der Waals surface area contributed by atoms with Crippen molar-refractivity contribution in [3.05, 3.63) is 16.1 Å². The molecule has 0 saturated heterocycles. The molecule has 80 valence electrons. The van der Waals surface area contributed by atoms with Gasteiger partial charge in [0.15, 0.2) is 0 Å². The van der Waals surface area contributed by atoms with E-state index < -0.39 is 0 Å². The predicted octanol–water partition coefficient (Wildman–Crippen LogP) is 2.07. The number of rotatable bonds is 4. The number of imidazole rings is 1. The number of hydrogen-bond acceptors (Lipinski definition) is 2. The monoisotopic (exact) mass is 259 g/mol. The van der Waals surface area contributed by atoms with Crippen molar-refractivity contribution in [1.82, 2.24) is 14.9 Å². The molecule has 0 aliphatic rings. The predicted molar refractivity (Wildman–Crippen MR) is 62.6 cm³/mol. The molecule has 14 heavy (non-hydrogen) atoms. The molecule has 0 aliphatic carbocycles. The van der Waals surface area contributed by atoms with E-state index in [9.17, 15) is 0 Å². The van der Waals surface area contributed by atoms with Crippen LogP contribution in [0.1, 0.15) is 31.3 Å². The highest BCUT2D eigenvalue weighted by Gasteiger charge is 2.14. The zero-order chi connectivity index (χ0) is 10.7. The van der Waals surface area contributed by atoms with Crippen LogP contribution in [-0.2, 0) is 13.5 Å². The second-order valence-electron chi connectivity index (χ2n) is 3.77. The van der Waals surface area contributed by atoms with Crippen LogP contribution in [0.5, 0.6) is 0 Å². The van der Waals surface area contributed by atoms with Crippen LogP contribution in [-0.4, -0.2) is 23.1 Å². The number of halogens is 1. The van der Waals surface area contributed by atoms with E-state index in [1.807, 2.05) is 7.05 Å². The molecule has 3 nitrogen and oxygen atoms in total. The molecule has 0 unspecified atom stereocenters. The lowest BCUT2D eigenvalue weighted by atomic mass is 10.1. The van der Waals surface area contributed by atoms with Crippen molar-refractivity contribution in [3.8, 4) is 0 Å². The highest BCUT2D eigenvalue weighted by Crippen LogP contribution is 2.24. The maximum Gasteiger partial charge on any atom is 0.127 e. The lowest BCUT2D eigenvalue weighted by molar-refractivity contribution is 0.677. The standard InChI is InChI=1S/C10H18BrN3/c1-7(2)9-10(11)13-8(14(9)4)5-6-12-3/h7,12H,5-6H2,1-4H3. The van der Waals surface area contributed by atoms with Crippen LogP contribution in [0.3, 0.4) is 0 Å². The summed E-state index contributed by atoms with van der Waals surface area (Å²) in [6.07, 6.45) is 0.971. The Kier molecular flexibility index (Phi) is 4.13. The summed E-state index contributed by atoms with van der Waals surface area (Å²) in [5, 5.41) is 3.13. The average Bonchev–Trinajstić information content (AvgIpc) is 2.38. The molecule has 0 bridgehead atoms. The molecule has 0 fully saturated rings. The first-order valence-corrected chi connectivity index (χ1v) is 5.72. The van der Waals surface area contributed by atoms with Crippen molar-refractivity contribution in [2.75, 3.05) is 13.6 Å². The minimum atomic E-state index is 0.505. The molecule has 1 rings (SSSR count). The summed E-state index contributed by atoms with van der Waals surface area (Å²) in [6.45, 7) is 5.34. The molecule has 1 aromatic rings. The Labute approximate surface area is 94.0 Å². The van der Waals surface area contributed by atoms with Crippen molar-refractivity contribution in [1.29, 1.82) is 0 Å². The summed E-state index contributed by atoms with van der Waals surface area (Å²) in [7, 11) is 4.04. The lowest BCUT2D eigenvalue weighted by Gasteiger charge is -2.08. The smallest absolute Gasteiger partial charge is 0.127 e. The number of aromatic nitrogens is 2. The molecule has 0 saturated carbocycles. The molecule has 1 aromatic heterocycles. The summed E-state index contributed by atoms with van der Waals surface area (Å²) < 4.78 is 3.17. The number of hydrogen-bond donors (Lipinski definition) is 1. The lowest BCUT2D eigenvalue weighted by Crippen LogP contribution is -2.13. The van der Waals surface area contributed by atoms with Gasteiger partial charge in [0.05, 0.1) is 5.69 Å². The SMILES string of the molecule is CNCCc1nc(Br)c(C(C)C)n1C. The van der Waals surface area contributed by atoms with Gasteiger partial charge in [0.2, 0.25) is 0 Å². The topological polar surface area (TPSA) is 29.9 Å². The Morgan fingerprint density at radius 3 is 2.57 bits per heavy atom. The molecule has 1 N–H and O–H groups in total. The Bertz CT molecular complexity index is 305. The Morgan fingerprint density at radius 2 is 2.14 bits per heavy atom. The zero-order valence-corrected chi connectivity index (χ0v) is 10.8. The van der Waals surface area contributed by atoms with E-state index in [1.165, 1.54) is 5.69 Å². The third-order valence-corrected chi connectivity index (χ3v) is 2.92. The fourth-order valence-electron chi connectivity index (χ4n) is 1.61. The van der Waals surface area contributed by atoms with Crippen molar-refractivity contribution in [3.63, 3.8) is 0 Å². The van der Waals surface area contributed by atoms with Crippen molar-refractivity contribution < 1.29 is 0 Å². The average molecular weight is 260 g/mol. The Hall–Kier alpha value is -0.350. The van der Waals surface area contributed by atoms with Gasteiger partial charge in [-0.1, -0.05) is 13.8 Å². The molecule has 0 radical (unpaired) electrons. The van der Waals surface area contributed by atoms with E-state index >= 15 is 0 Å². The fraction of sp³-hybridized carbons (Fsp3) is 0.700. The number of nitrogens with zero attached hydrogens (tertiary/aromatic N) is 2. The van der Waals surface area contributed by atoms with E-state index in [4.69, 9.17) is 0 Å². The minimum absolute atomic E-state index is 0.505. The quantitative estimate of drug-likeness (QED) is 0.898. The highest BCUT2D eigenvalue weighted by atomic mass is 79.9. The van der Waals surface area contributed by atoms with Crippen molar-refractivity contribution in [2.24, 2.45) is 7.05 Å². The van der Waals surface area contributed by atoms with Gasteiger partial charge >= 0.3 is 0 Å². The summed E-state index contributed by atoms with van der Waals surface area (Å²) in [4.78, 5) is 4.51. The van der Waals surface area contributed by atoms with Crippen LogP contribution in [0.15, 0.2) is 4.60 Å². The van der Waals surface area contributed by atoms with Crippen LogP contribution < -0.4 is 5.32 Å². The molecule has 0 aromatic carbocycles. The van der Waals surface area contributed by atoms with Crippen LogP contribution in [0.2, 0.25) is 0 Å². The number of nitrogens with one attached hydrogen (secondary N) is 1. The van der Waals surface area contributed by atoms with Crippen LogP contribution in [0, 0.1) is 0 Å². The van der Waals surface area contributed by atoms with E-state index in [1.54, 1.807) is 0 Å². The minimum Gasteiger partial charge on any atom is -0.334 e. The van der Waals surface area contributed by atoms with Gasteiger partial charge in [-0.25, -0.2) is 4.98 Å². The van der Waals surface area contributed by atoms with Gasteiger partial charge in [-0.2, -0.15) is 0 Å². The van der Waals surface area contributed by atoms with Gasteiger partial charge in [-0.05, 0) is 28.9 Å². The fourth-order valence-corrected chi connectivity index (χ4v) is 2.54. The zero-order valence-electron chi connectivity index (χ0n) is 9.26. The molecule has 0 spiro atoms. The second kappa shape index (κ2) is 4.94. The van der Waals surface area contributed by atoms with E-state index in [0.29, 0.717) is 5.92 Å². The van der Waals surface area contributed by atoms with Crippen LogP contribution in [0.4, 0.5) is 0 Å². The van der Waals surface area contributed by atoms with Crippen LogP contribution >= 0.6 is 15.9 Å².